The van der Waals surface area contributed by atoms with Crippen LogP contribution in [0.15, 0.2) is 24.3 Å². The number of nitrogens with one attached hydrogen (secondary N) is 4. The summed E-state index contributed by atoms with van der Waals surface area (Å²) in [6.45, 7) is 5.26. The molecule has 8 heteroatoms. The van der Waals surface area contributed by atoms with E-state index in [9.17, 15) is 14.0 Å². The first-order chi connectivity index (χ1) is 13.0. The van der Waals surface area contributed by atoms with E-state index in [1.54, 1.807) is 18.2 Å². The van der Waals surface area contributed by atoms with Crippen molar-refractivity contribution in [2.24, 2.45) is 0 Å². The highest BCUT2D eigenvalue weighted by Gasteiger charge is 2.38. The van der Waals surface area contributed by atoms with Gasteiger partial charge in [0.05, 0.1) is 6.04 Å². The number of carbonyl (C=O) groups is 2. The molecule has 2 aliphatic rings. The second-order valence-corrected chi connectivity index (χ2v) is 7.35. The lowest BCUT2D eigenvalue weighted by molar-refractivity contribution is -0.126. The molecule has 148 valence electrons. The van der Waals surface area contributed by atoms with Gasteiger partial charge in [-0.1, -0.05) is 18.2 Å². The second kappa shape index (κ2) is 8.77. The number of rotatable bonds is 6. The maximum atomic E-state index is 14.1. The van der Waals surface area contributed by atoms with Crippen LogP contribution in [0.3, 0.4) is 0 Å². The standard InChI is InChI=1S/C19H28FN5O2/c1-3-21-19(27)17-9-14(22-18(26)16-8-12(2)23-24-16)11-25(17)10-13-6-4-5-7-15(13)20/h4-7,12,14,16-17,23-24H,3,8-11H2,1-2H3,(H,21,27)(H,22,26)/t12?,14-,16?,17-/m0/s1. The molecule has 2 unspecified atom stereocenters. The Balaban J connectivity index is 1.66. The SMILES string of the molecule is CCNC(=O)[C@@H]1C[C@H](NC(=O)C2CC(C)NN2)CN1Cc1ccccc1F. The van der Waals surface area contributed by atoms with Crippen LogP contribution in [0, 0.1) is 5.82 Å². The number of hydrazine groups is 1. The van der Waals surface area contributed by atoms with Gasteiger partial charge in [-0.2, -0.15) is 0 Å². The smallest absolute Gasteiger partial charge is 0.238 e. The number of amides is 2. The van der Waals surface area contributed by atoms with Crippen molar-refractivity contribution >= 4 is 11.8 Å². The van der Waals surface area contributed by atoms with Gasteiger partial charge in [0.1, 0.15) is 11.9 Å². The van der Waals surface area contributed by atoms with E-state index in [2.05, 4.69) is 21.5 Å². The molecule has 2 aliphatic heterocycles. The summed E-state index contributed by atoms with van der Waals surface area (Å²) >= 11 is 0. The molecular formula is C19H28FN5O2. The van der Waals surface area contributed by atoms with Gasteiger partial charge >= 0.3 is 0 Å². The number of likely N-dealkylation sites (tertiary alicyclic amines) is 1. The van der Waals surface area contributed by atoms with Gasteiger partial charge < -0.3 is 10.6 Å². The fraction of sp³-hybridized carbons (Fsp3) is 0.579. The topological polar surface area (TPSA) is 85.5 Å². The molecule has 2 saturated heterocycles. The van der Waals surface area contributed by atoms with Gasteiger partial charge in [0.25, 0.3) is 0 Å². The zero-order chi connectivity index (χ0) is 19.4. The number of carbonyl (C=O) groups excluding carboxylic acids is 2. The number of likely N-dealkylation sites (N-methyl/N-ethyl adjacent to an activating group) is 1. The minimum atomic E-state index is -0.386. The van der Waals surface area contributed by atoms with Crippen molar-refractivity contribution in [3.63, 3.8) is 0 Å². The van der Waals surface area contributed by atoms with E-state index in [1.807, 2.05) is 18.7 Å². The maximum Gasteiger partial charge on any atom is 0.238 e. The minimum absolute atomic E-state index is 0.0701. The summed E-state index contributed by atoms with van der Waals surface area (Å²) in [5.74, 6) is -0.436. The number of hydrogen-bond acceptors (Lipinski definition) is 5. The van der Waals surface area contributed by atoms with Gasteiger partial charge in [-0.05, 0) is 32.8 Å². The van der Waals surface area contributed by atoms with Gasteiger partial charge in [-0.25, -0.2) is 9.82 Å². The number of nitrogens with zero attached hydrogens (tertiary/aromatic N) is 1. The third kappa shape index (κ3) is 4.82. The molecule has 0 saturated carbocycles. The average molecular weight is 377 g/mol. The molecule has 0 aromatic heterocycles. The van der Waals surface area contributed by atoms with Crippen LogP contribution in [-0.2, 0) is 16.1 Å². The van der Waals surface area contributed by atoms with E-state index >= 15 is 0 Å². The Morgan fingerprint density at radius 3 is 2.67 bits per heavy atom. The third-order valence-corrected chi connectivity index (χ3v) is 5.14. The molecule has 4 atom stereocenters. The molecule has 4 N–H and O–H groups in total. The molecule has 0 aliphatic carbocycles. The van der Waals surface area contributed by atoms with Gasteiger partial charge in [-0.3, -0.25) is 19.9 Å². The van der Waals surface area contributed by atoms with Crippen LogP contribution < -0.4 is 21.5 Å². The van der Waals surface area contributed by atoms with Gasteiger partial charge in [0, 0.05) is 37.3 Å². The first kappa shape index (κ1) is 19.7. The van der Waals surface area contributed by atoms with Crippen molar-refractivity contribution in [1.29, 1.82) is 0 Å². The Morgan fingerprint density at radius 1 is 1.22 bits per heavy atom. The lowest BCUT2D eigenvalue weighted by Crippen LogP contribution is -2.47. The van der Waals surface area contributed by atoms with E-state index in [1.165, 1.54) is 6.07 Å². The molecule has 0 radical (unpaired) electrons. The Labute approximate surface area is 159 Å². The highest BCUT2D eigenvalue weighted by atomic mass is 19.1. The third-order valence-electron chi connectivity index (χ3n) is 5.14. The van der Waals surface area contributed by atoms with Crippen LogP contribution in [-0.4, -0.2) is 54.0 Å². The summed E-state index contributed by atoms with van der Waals surface area (Å²) in [5, 5.41) is 5.89. The van der Waals surface area contributed by atoms with Crippen molar-refractivity contribution < 1.29 is 14.0 Å². The first-order valence-corrected chi connectivity index (χ1v) is 9.54. The lowest BCUT2D eigenvalue weighted by Gasteiger charge is -2.23. The average Bonchev–Trinajstić information content (AvgIpc) is 3.23. The van der Waals surface area contributed by atoms with E-state index in [-0.39, 0.29) is 41.8 Å². The van der Waals surface area contributed by atoms with Crippen molar-refractivity contribution in [3.05, 3.63) is 35.6 Å². The fourth-order valence-corrected chi connectivity index (χ4v) is 3.78. The monoisotopic (exact) mass is 377 g/mol. The Hall–Kier alpha value is -2.03. The Morgan fingerprint density at radius 2 is 2.00 bits per heavy atom. The van der Waals surface area contributed by atoms with Gasteiger partial charge in [0.2, 0.25) is 11.8 Å². The predicted molar refractivity (Wildman–Crippen MR) is 100.0 cm³/mol. The summed E-state index contributed by atoms with van der Waals surface area (Å²) in [4.78, 5) is 26.9. The summed E-state index contributed by atoms with van der Waals surface area (Å²) in [6.07, 6.45) is 1.24. The normalized spacial score (nSPS) is 28.3. The van der Waals surface area contributed by atoms with Crippen LogP contribution in [0.4, 0.5) is 4.39 Å². The zero-order valence-corrected chi connectivity index (χ0v) is 15.8. The number of halogens is 1. The summed E-state index contributed by atoms with van der Waals surface area (Å²) < 4.78 is 14.1. The van der Waals surface area contributed by atoms with Crippen LogP contribution in [0.2, 0.25) is 0 Å². The quantitative estimate of drug-likeness (QED) is 0.572. The highest BCUT2D eigenvalue weighted by molar-refractivity contribution is 5.84. The molecule has 0 spiro atoms. The molecule has 0 bridgehead atoms. The molecule has 2 fully saturated rings. The molecular weight excluding hydrogens is 349 g/mol. The molecule has 1 aromatic rings. The predicted octanol–water partition coefficient (Wildman–Crippen LogP) is 0.276. The largest absolute Gasteiger partial charge is 0.355 e. The van der Waals surface area contributed by atoms with Gasteiger partial charge in [-0.15, -0.1) is 0 Å². The Kier molecular flexibility index (Phi) is 6.41. The molecule has 1 aromatic carbocycles. The first-order valence-electron chi connectivity index (χ1n) is 9.54. The summed E-state index contributed by atoms with van der Waals surface area (Å²) in [6, 6.07) is 6.02. The number of hydrogen-bond donors (Lipinski definition) is 4. The molecule has 2 heterocycles. The fourth-order valence-electron chi connectivity index (χ4n) is 3.78. The molecule has 3 rings (SSSR count). The number of benzene rings is 1. The second-order valence-electron chi connectivity index (χ2n) is 7.35. The Bertz CT molecular complexity index is 686. The summed E-state index contributed by atoms with van der Waals surface area (Å²) in [5.41, 5.74) is 6.58. The summed E-state index contributed by atoms with van der Waals surface area (Å²) in [7, 11) is 0. The van der Waals surface area contributed by atoms with Crippen LogP contribution in [0.5, 0.6) is 0 Å². The minimum Gasteiger partial charge on any atom is -0.355 e. The maximum absolute atomic E-state index is 14.1. The highest BCUT2D eigenvalue weighted by Crippen LogP contribution is 2.22. The van der Waals surface area contributed by atoms with Crippen molar-refractivity contribution in [2.75, 3.05) is 13.1 Å². The van der Waals surface area contributed by atoms with E-state index in [4.69, 9.17) is 0 Å². The van der Waals surface area contributed by atoms with Crippen molar-refractivity contribution in [2.45, 2.75) is 57.4 Å². The van der Waals surface area contributed by atoms with E-state index in [0.717, 1.165) is 6.42 Å². The van der Waals surface area contributed by atoms with Crippen molar-refractivity contribution in [3.8, 4) is 0 Å². The lowest BCUT2D eigenvalue weighted by atomic mass is 10.1. The molecule has 27 heavy (non-hydrogen) atoms. The van der Waals surface area contributed by atoms with Crippen molar-refractivity contribution in [1.82, 2.24) is 26.4 Å². The van der Waals surface area contributed by atoms with Crippen LogP contribution in [0.25, 0.3) is 0 Å². The molecule has 2 amide bonds. The van der Waals surface area contributed by atoms with Crippen LogP contribution >= 0.6 is 0 Å². The molecule has 7 nitrogen and oxygen atoms in total. The van der Waals surface area contributed by atoms with Crippen LogP contribution in [0.1, 0.15) is 32.3 Å². The zero-order valence-electron chi connectivity index (χ0n) is 15.8. The van der Waals surface area contributed by atoms with E-state index < -0.39 is 0 Å². The van der Waals surface area contributed by atoms with Gasteiger partial charge in [0.15, 0.2) is 0 Å². The van der Waals surface area contributed by atoms with E-state index in [0.29, 0.717) is 31.6 Å².